The number of imidazole rings is 1. The Kier molecular flexibility index (Phi) is 2.86. The maximum Gasteiger partial charge on any atom is 0.141 e. The molecule has 2 N–H and O–H groups in total. The van der Waals surface area contributed by atoms with E-state index in [1.807, 2.05) is 26.0 Å². The van der Waals surface area contributed by atoms with E-state index in [1.165, 1.54) is 6.07 Å². The van der Waals surface area contributed by atoms with Crippen LogP contribution in [0, 0.1) is 6.92 Å². The molecular formula is C16H16N2O2. The third-order valence-corrected chi connectivity index (χ3v) is 3.38. The van der Waals surface area contributed by atoms with Gasteiger partial charge in [0, 0.05) is 18.2 Å². The highest BCUT2D eigenvalue weighted by Gasteiger charge is 2.13. The molecule has 0 fully saturated rings. The van der Waals surface area contributed by atoms with Crippen LogP contribution in [0.25, 0.3) is 22.4 Å². The summed E-state index contributed by atoms with van der Waals surface area (Å²) in [6, 6.07) is 10.7. The molecule has 20 heavy (non-hydrogen) atoms. The van der Waals surface area contributed by atoms with Crippen molar-refractivity contribution in [2.75, 3.05) is 0 Å². The maximum absolute atomic E-state index is 9.64. The molecule has 0 atom stereocenters. The highest BCUT2D eigenvalue weighted by molar-refractivity contribution is 5.81. The first kappa shape index (κ1) is 12.5. The average molecular weight is 268 g/mol. The quantitative estimate of drug-likeness (QED) is 0.748. The van der Waals surface area contributed by atoms with Gasteiger partial charge in [-0.15, -0.1) is 0 Å². The van der Waals surface area contributed by atoms with Crippen molar-refractivity contribution in [1.82, 2.24) is 9.55 Å². The molecule has 1 aromatic heterocycles. The van der Waals surface area contributed by atoms with Gasteiger partial charge in [0.25, 0.3) is 0 Å². The predicted molar refractivity (Wildman–Crippen MR) is 78.9 cm³/mol. The standard InChI is InChI=1S/C16H16N2O2/c1-3-18-15-5-4-10(2)6-14(15)17-16(18)11-7-12(19)9-13(20)8-11/h4-9,19-20H,3H2,1-2H3. The highest BCUT2D eigenvalue weighted by Crippen LogP contribution is 2.30. The molecule has 0 saturated carbocycles. The lowest BCUT2D eigenvalue weighted by molar-refractivity contribution is 0.451. The van der Waals surface area contributed by atoms with Crippen molar-refractivity contribution in [3.05, 3.63) is 42.0 Å². The summed E-state index contributed by atoms with van der Waals surface area (Å²) in [5, 5.41) is 19.3. The zero-order chi connectivity index (χ0) is 14.3. The Morgan fingerprint density at radius 2 is 1.75 bits per heavy atom. The molecule has 102 valence electrons. The summed E-state index contributed by atoms with van der Waals surface area (Å²) < 4.78 is 2.07. The number of aromatic nitrogens is 2. The Bertz CT molecular complexity index is 770. The number of fused-ring (bicyclic) bond motifs is 1. The van der Waals surface area contributed by atoms with Crippen LogP contribution >= 0.6 is 0 Å². The van der Waals surface area contributed by atoms with Crippen molar-refractivity contribution in [2.24, 2.45) is 0 Å². The number of rotatable bonds is 2. The summed E-state index contributed by atoms with van der Waals surface area (Å²) in [6.45, 7) is 4.85. The van der Waals surface area contributed by atoms with Gasteiger partial charge in [-0.2, -0.15) is 0 Å². The zero-order valence-electron chi connectivity index (χ0n) is 11.5. The number of phenolic OH excluding ortho intramolecular Hbond substituents is 2. The van der Waals surface area contributed by atoms with Crippen LogP contribution in [0.3, 0.4) is 0 Å². The SMILES string of the molecule is CCn1c(-c2cc(O)cc(O)c2)nc2cc(C)ccc21. The van der Waals surface area contributed by atoms with E-state index in [1.54, 1.807) is 12.1 Å². The molecule has 3 rings (SSSR count). The number of benzene rings is 2. The van der Waals surface area contributed by atoms with E-state index in [4.69, 9.17) is 0 Å². The van der Waals surface area contributed by atoms with Gasteiger partial charge in [0.15, 0.2) is 0 Å². The van der Waals surface area contributed by atoms with E-state index in [0.29, 0.717) is 5.56 Å². The Balaban J connectivity index is 2.29. The first-order chi connectivity index (χ1) is 9.58. The third kappa shape index (κ3) is 1.99. The van der Waals surface area contributed by atoms with Gasteiger partial charge in [-0.3, -0.25) is 0 Å². The number of hydrogen-bond acceptors (Lipinski definition) is 3. The Morgan fingerprint density at radius 1 is 1.05 bits per heavy atom. The Hall–Kier alpha value is -2.49. The van der Waals surface area contributed by atoms with Gasteiger partial charge < -0.3 is 14.8 Å². The molecule has 0 unspecified atom stereocenters. The number of aromatic hydroxyl groups is 2. The van der Waals surface area contributed by atoms with Crippen molar-refractivity contribution >= 4 is 11.0 Å². The molecular weight excluding hydrogens is 252 g/mol. The maximum atomic E-state index is 9.64. The van der Waals surface area contributed by atoms with Crippen LogP contribution in [0.5, 0.6) is 11.5 Å². The molecule has 0 aliphatic rings. The van der Waals surface area contributed by atoms with Gasteiger partial charge in [-0.25, -0.2) is 4.98 Å². The normalized spacial score (nSPS) is 11.1. The minimum Gasteiger partial charge on any atom is -0.508 e. The molecule has 3 aromatic rings. The molecule has 2 aromatic carbocycles. The largest absolute Gasteiger partial charge is 0.508 e. The van der Waals surface area contributed by atoms with Crippen LogP contribution in [0.2, 0.25) is 0 Å². The summed E-state index contributed by atoms with van der Waals surface area (Å²) in [6.07, 6.45) is 0. The van der Waals surface area contributed by atoms with Crippen LogP contribution < -0.4 is 0 Å². The van der Waals surface area contributed by atoms with Crippen molar-refractivity contribution in [3.63, 3.8) is 0 Å². The van der Waals surface area contributed by atoms with Crippen molar-refractivity contribution in [1.29, 1.82) is 0 Å². The lowest BCUT2D eigenvalue weighted by atomic mass is 10.2. The van der Waals surface area contributed by atoms with E-state index >= 15 is 0 Å². The van der Waals surface area contributed by atoms with E-state index in [0.717, 1.165) is 29.0 Å². The van der Waals surface area contributed by atoms with Crippen LogP contribution in [0.15, 0.2) is 36.4 Å². The first-order valence-electron chi connectivity index (χ1n) is 6.59. The summed E-state index contributed by atoms with van der Waals surface area (Å²) >= 11 is 0. The van der Waals surface area contributed by atoms with Crippen LogP contribution in [0.1, 0.15) is 12.5 Å². The van der Waals surface area contributed by atoms with E-state index in [9.17, 15) is 10.2 Å². The predicted octanol–water partition coefficient (Wildman–Crippen LogP) is 3.44. The third-order valence-electron chi connectivity index (χ3n) is 3.38. The topological polar surface area (TPSA) is 58.3 Å². The minimum atomic E-state index is 0.0332. The summed E-state index contributed by atoms with van der Waals surface area (Å²) in [5.74, 6) is 0.816. The summed E-state index contributed by atoms with van der Waals surface area (Å²) in [5.41, 5.74) is 3.84. The Morgan fingerprint density at radius 3 is 2.40 bits per heavy atom. The molecule has 0 amide bonds. The summed E-state index contributed by atoms with van der Waals surface area (Å²) in [4.78, 5) is 4.64. The molecule has 0 spiro atoms. The van der Waals surface area contributed by atoms with Crippen molar-refractivity contribution < 1.29 is 10.2 Å². The average Bonchev–Trinajstić information content (AvgIpc) is 2.75. The van der Waals surface area contributed by atoms with Crippen LogP contribution in [-0.4, -0.2) is 19.8 Å². The highest BCUT2D eigenvalue weighted by atomic mass is 16.3. The van der Waals surface area contributed by atoms with Gasteiger partial charge in [0.1, 0.15) is 17.3 Å². The smallest absolute Gasteiger partial charge is 0.141 e. The fraction of sp³-hybridized carbons (Fsp3) is 0.188. The van der Waals surface area contributed by atoms with E-state index in [-0.39, 0.29) is 11.5 Å². The second-order valence-corrected chi connectivity index (χ2v) is 4.91. The van der Waals surface area contributed by atoms with E-state index in [2.05, 4.69) is 15.6 Å². The van der Waals surface area contributed by atoms with Crippen LogP contribution in [0.4, 0.5) is 0 Å². The number of phenols is 2. The lowest BCUT2D eigenvalue weighted by Crippen LogP contribution is -1.97. The summed E-state index contributed by atoms with van der Waals surface area (Å²) in [7, 11) is 0. The fourth-order valence-corrected chi connectivity index (χ4v) is 2.50. The molecule has 0 bridgehead atoms. The second kappa shape index (κ2) is 4.56. The monoisotopic (exact) mass is 268 g/mol. The molecule has 0 radical (unpaired) electrons. The first-order valence-corrected chi connectivity index (χ1v) is 6.59. The number of aryl methyl sites for hydroxylation is 2. The fourth-order valence-electron chi connectivity index (χ4n) is 2.50. The van der Waals surface area contributed by atoms with Gasteiger partial charge >= 0.3 is 0 Å². The van der Waals surface area contributed by atoms with Gasteiger partial charge in [-0.05, 0) is 43.7 Å². The molecule has 0 aliphatic heterocycles. The van der Waals surface area contributed by atoms with E-state index < -0.39 is 0 Å². The molecule has 4 nitrogen and oxygen atoms in total. The van der Waals surface area contributed by atoms with Crippen molar-refractivity contribution in [3.8, 4) is 22.9 Å². The van der Waals surface area contributed by atoms with Gasteiger partial charge in [0.2, 0.25) is 0 Å². The Labute approximate surface area is 116 Å². The molecule has 0 aliphatic carbocycles. The second-order valence-electron chi connectivity index (χ2n) is 4.91. The lowest BCUT2D eigenvalue weighted by Gasteiger charge is -2.07. The molecule has 0 saturated heterocycles. The zero-order valence-corrected chi connectivity index (χ0v) is 11.5. The van der Waals surface area contributed by atoms with Crippen LogP contribution in [-0.2, 0) is 6.54 Å². The number of hydrogen-bond donors (Lipinski definition) is 2. The minimum absolute atomic E-state index is 0.0332. The van der Waals surface area contributed by atoms with Gasteiger partial charge in [0.05, 0.1) is 11.0 Å². The molecule has 1 heterocycles. The van der Waals surface area contributed by atoms with Crippen molar-refractivity contribution in [2.45, 2.75) is 20.4 Å². The van der Waals surface area contributed by atoms with Gasteiger partial charge in [-0.1, -0.05) is 6.07 Å². The molecule has 4 heteroatoms. The number of nitrogens with zero attached hydrogens (tertiary/aromatic N) is 2.